The van der Waals surface area contributed by atoms with Gasteiger partial charge in [0.25, 0.3) is 0 Å². The van der Waals surface area contributed by atoms with Crippen molar-refractivity contribution in [3.05, 3.63) is 35.9 Å². The fourth-order valence-electron chi connectivity index (χ4n) is 1.02. The van der Waals surface area contributed by atoms with Gasteiger partial charge in [-0.3, -0.25) is 0 Å². The van der Waals surface area contributed by atoms with E-state index in [0.717, 1.165) is 0 Å². The van der Waals surface area contributed by atoms with Crippen molar-refractivity contribution < 1.29 is 0 Å². The molecule has 1 heteroatoms. The van der Waals surface area contributed by atoms with Crippen LogP contribution in [0.5, 0.6) is 0 Å². The van der Waals surface area contributed by atoms with Crippen LogP contribution < -0.4 is 0 Å². The molecule has 12 heavy (non-hydrogen) atoms. The van der Waals surface area contributed by atoms with Crippen molar-refractivity contribution in [3.8, 4) is 0 Å². The van der Waals surface area contributed by atoms with Crippen LogP contribution in [-0.4, -0.2) is 6.26 Å². The molecule has 0 aliphatic carbocycles. The fraction of sp³-hybridized carbons (Fsp3) is 0.273. The first-order valence-corrected chi connectivity index (χ1v) is 5.27. The Hall–Kier alpha value is -0.690. The second-order valence-corrected chi connectivity index (χ2v) is 3.58. The third-order valence-electron chi connectivity index (χ3n) is 1.98. The highest BCUT2D eigenvalue weighted by Crippen LogP contribution is 2.19. The number of allylic oxidation sites excluding steroid dienone is 2. The minimum Gasteiger partial charge on any atom is -0.130 e. The van der Waals surface area contributed by atoms with Gasteiger partial charge in [0.2, 0.25) is 0 Å². The molecule has 0 amide bonds. The molecule has 0 aromatic heterocycles. The molecule has 0 saturated heterocycles. The molecule has 0 bridgehead atoms. The second-order valence-electron chi connectivity index (χ2n) is 2.70. The van der Waals surface area contributed by atoms with Crippen LogP contribution in [0.3, 0.4) is 0 Å². The molecule has 0 spiro atoms. The SMILES string of the molecule is C/C=C(/C)c1ccc(SC)cc1. The molecule has 0 unspecified atom stereocenters. The number of hydrogen-bond donors (Lipinski definition) is 0. The van der Waals surface area contributed by atoms with Gasteiger partial charge in [0.15, 0.2) is 0 Å². The van der Waals surface area contributed by atoms with E-state index in [2.05, 4.69) is 50.4 Å². The quantitative estimate of drug-likeness (QED) is 0.620. The van der Waals surface area contributed by atoms with E-state index in [0.29, 0.717) is 0 Å². The van der Waals surface area contributed by atoms with Gasteiger partial charge < -0.3 is 0 Å². The van der Waals surface area contributed by atoms with E-state index in [-0.39, 0.29) is 0 Å². The van der Waals surface area contributed by atoms with E-state index < -0.39 is 0 Å². The summed E-state index contributed by atoms with van der Waals surface area (Å²) in [5, 5.41) is 0. The van der Waals surface area contributed by atoms with E-state index >= 15 is 0 Å². The molecule has 1 aromatic carbocycles. The average molecular weight is 178 g/mol. The summed E-state index contributed by atoms with van der Waals surface area (Å²) in [6.07, 6.45) is 4.23. The Morgan fingerprint density at radius 1 is 1.25 bits per heavy atom. The lowest BCUT2D eigenvalue weighted by atomic mass is 10.1. The van der Waals surface area contributed by atoms with E-state index in [1.807, 2.05) is 0 Å². The van der Waals surface area contributed by atoms with Gasteiger partial charge in [-0.2, -0.15) is 0 Å². The Balaban J connectivity index is 2.92. The zero-order valence-corrected chi connectivity index (χ0v) is 8.61. The summed E-state index contributed by atoms with van der Waals surface area (Å²) >= 11 is 1.78. The predicted octanol–water partition coefficient (Wildman–Crippen LogP) is 3.83. The lowest BCUT2D eigenvalue weighted by Crippen LogP contribution is -1.78. The van der Waals surface area contributed by atoms with Crippen molar-refractivity contribution in [1.82, 2.24) is 0 Å². The zero-order valence-electron chi connectivity index (χ0n) is 7.79. The lowest BCUT2D eigenvalue weighted by molar-refractivity contribution is 1.43. The van der Waals surface area contributed by atoms with Gasteiger partial charge in [-0.05, 0) is 43.4 Å². The van der Waals surface area contributed by atoms with Crippen molar-refractivity contribution in [1.29, 1.82) is 0 Å². The fourth-order valence-corrected chi connectivity index (χ4v) is 1.43. The van der Waals surface area contributed by atoms with Gasteiger partial charge >= 0.3 is 0 Å². The molecule has 0 fully saturated rings. The van der Waals surface area contributed by atoms with Crippen LogP contribution in [0.1, 0.15) is 19.4 Å². The summed E-state index contributed by atoms with van der Waals surface area (Å²) in [4.78, 5) is 1.32. The van der Waals surface area contributed by atoms with Crippen LogP contribution >= 0.6 is 11.8 Å². The highest BCUT2D eigenvalue weighted by atomic mass is 32.2. The van der Waals surface area contributed by atoms with Gasteiger partial charge in [0.05, 0.1) is 0 Å². The molecule has 1 aromatic rings. The normalized spacial score (nSPS) is 11.8. The van der Waals surface area contributed by atoms with Gasteiger partial charge in [0, 0.05) is 4.90 Å². The molecular weight excluding hydrogens is 164 g/mol. The highest BCUT2D eigenvalue weighted by Gasteiger charge is 1.93. The van der Waals surface area contributed by atoms with Gasteiger partial charge in [-0.15, -0.1) is 11.8 Å². The van der Waals surface area contributed by atoms with Crippen LogP contribution in [0, 0.1) is 0 Å². The molecule has 0 aliphatic rings. The first kappa shape index (κ1) is 9.40. The largest absolute Gasteiger partial charge is 0.130 e. The van der Waals surface area contributed by atoms with E-state index in [1.54, 1.807) is 11.8 Å². The Morgan fingerprint density at radius 3 is 2.25 bits per heavy atom. The summed E-state index contributed by atoms with van der Waals surface area (Å²) in [7, 11) is 0. The molecule has 0 aliphatic heterocycles. The van der Waals surface area contributed by atoms with Crippen molar-refractivity contribution in [2.75, 3.05) is 6.26 Å². The molecule has 0 radical (unpaired) electrons. The lowest BCUT2D eigenvalue weighted by Gasteiger charge is -2.01. The maximum Gasteiger partial charge on any atom is 0.00695 e. The van der Waals surface area contributed by atoms with Crippen LogP contribution in [-0.2, 0) is 0 Å². The molecule has 0 atom stereocenters. The van der Waals surface area contributed by atoms with Crippen LogP contribution in [0.15, 0.2) is 35.2 Å². The van der Waals surface area contributed by atoms with Gasteiger partial charge in [0.1, 0.15) is 0 Å². The topological polar surface area (TPSA) is 0 Å². The summed E-state index contributed by atoms with van der Waals surface area (Å²) in [6, 6.07) is 8.66. The van der Waals surface area contributed by atoms with Crippen molar-refractivity contribution in [2.24, 2.45) is 0 Å². The molecular formula is C11H14S. The molecule has 64 valence electrons. The summed E-state index contributed by atoms with van der Waals surface area (Å²) in [5.74, 6) is 0. The Morgan fingerprint density at radius 2 is 1.83 bits per heavy atom. The smallest absolute Gasteiger partial charge is 0.00695 e. The van der Waals surface area contributed by atoms with E-state index in [1.165, 1.54) is 16.0 Å². The number of benzene rings is 1. The summed E-state index contributed by atoms with van der Waals surface area (Å²) < 4.78 is 0. The minimum atomic E-state index is 1.32. The first-order chi connectivity index (χ1) is 5.77. The average Bonchev–Trinajstić information content (AvgIpc) is 2.17. The number of thioether (sulfide) groups is 1. The zero-order chi connectivity index (χ0) is 8.97. The molecule has 1 rings (SSSR count). The van der Waals surface area contributed by atoms with Crippen LogP contribution in [0.2, 0.25) is 0 Å². The third kappa shape index (κ3) is 2.15. The Labute approximate surface area is 78.7 Å². The van der Waals surface area contributed by atoms with E-state index in [9.17, 15) is 0 Å². The highest BCUT2D eigenvalue weighted by molar-refractivity contribution is 7.98. The molecule has 0 nitrogen and oxygen atoms in total. The molecule has 0 heterocycles. The molecule has 0 N–H and O–H groups in total. The van der Waals surface area contributed by atoms with Crippen molar-refractivity contribution in [3.63, 3.8) is 0 Å². The number of rotatable bonds is 2. The minimum absolute atomic E-state index is 1.32. The number of hydrogen-bond acceptors (Lipinski definition) is 1. The third-order valence-corrected chi connectivity index (χ3v) is 2.72. The molecule has 0 saturated carbocycles. The van der Waals surface area contributed by atoms with Gasteiger partial charge in [-0.25, -0.2) is 0 Å². The second kappa shape index (κ2) is 4.36. The van der Waals surface area contributed by atoms with Crippen molar-refractivity contribution in [2.45, 2.75) is 18.7 Å². The Bertz CT molecular complexity index is 270. The standard InChI is InChI=1S/C11H14S/c1-4-9(2)10-5-7-11(12-3)8-6-10/h4-8H,1-3H3/b9-4-. The maximum atomic E-state index is 2.17. The monoisotopic (exact) mass is 178 g/mol. The van der Waals surface area contributed by atoms with Crippen molar-refractivity contribution >= 4 is 17.3 Å². The van der Waals surface area contributed by atoms with Crippen LogP contribution in [0.4, 0.5) is 0 Å². The van der Waals surface area contributed by atoms with Crippen LogP contribution in [0.25, 0.3) is 5.57 Å². The summed E-state index contributed by atoms with van der Waals surface area (Å²) in [5.41, 5.74) is 2.65. The first-order valence-electron chi connectivity index (χ1n) is 4.05. The van der Waals surface area contributed by atoms with E-state index in [4.69, 9.17) is 0 Å². The maximum absolute atomic E-state index is 2.17. The Kier molecular flexibility index (Phi) is 3.42. The predicted molar refractivity (Wildman–Crippen MR) is 57.5 cm³/mol. The van der Waals surface area contributed by atoms with Gasteiger partial charge in [-0.1, -0.05) is 18.2 Å². The summed E-state index contributed by atoms with van der Waals surface area (Å²) in [6.45, 7) is 4.20.